The fourth-order valence-electron chi connectivity index (χ4n) is 3.20. The maximum atomic E-state index is 12.5. The summed E-state index contributed by atoms with van der Waals surface area (Å²) in [6, 6.07) is 13.0. The van der Waals surface area contributed by atoms with E-state index in [1.54, 1.807) is 16.7 Å². The van der Waals surface area contributed by atoms with Gasteiger partial charge < -0.3 is 15.2 Å². The van der Waals surface area contributed by atoms with Crippen LogP contribution < -0.4 is 10.6 Å². The first-order chi connectivity index (χ1) is 14.8. The zero-order valence-corrected chi connectivity index (χ0v) is 19.2. The summed E-state index contributed by atoms with van der Waals surface area (Å²) >= 11 is 1.31. The Bertz CT molecular complexity index is 1070. The fraction of sp³-hybridized carbons (Fsp3) is 0.304. The van der Waals surface area contributed by atoms with Crippen molar-refractivity contribution < 1.29 is 9.59 Å². The van der Waals surface area contributed by atoms with Crippen LogP contribution >= 0.6 is 11.8 Å². The molecule has 0 spiro atoms. The van der Waals surface area contributed by atoms with E-state index in [4.69, 9.17) is 0 Å². The average molecular weight is 438 g/mol. The molecule has 1 aromatic heterocycles. The monoisotopic (exact) mass is 437 g/mol. The minimum atomic E-state index is -0.330. The molecule has 2 N–H and O–H groups in total. The summed E-state index contributed by atoms with van der Waals surface area (Å²) < 4.78 is 1.80. The maximum absolute atomic E-state index is 12.5. The van der Waals surface area contributed by atoms with Gasteiger partial charge in [0, 0.05) is 18.3 Å². The lowest BCUT2D eigenvalue weighted by molar-refractivity contribution is -0.113. The minimum absolute atomic E-state index is 0.104. The van der Waals surface area contributed by atoms with E-state index in [9.17, 15) is 9.59 Å². The number of nitrogens with zero attached hydrogens (tertiary/aromatic N) is 3. The van der Waals surface area contributed by atoms with Gasteiger partial charge in [0.1, 0.15) is 0 Å². The number of para-hydroxylation sites is 1. The van der Waals surface area contributed by atoms with Crippen LogP contribution in [-0.2, 0) is 11.8 Å². The molecule has 162 valence electrons. The third kappa shape index (κ3) is 5.52. The molecule has 0 aliphatic heterocycles. The third-order valence-electron chi connectivity index (χ3n) is 5.00. The lowest BCUT2D eigenvalue weighted by Gasteiger charge is -2.14. The number of hydrogen-bond acceptors (Lipinski definition) is 5. The van der Waals surface area contributed by atoms with Gasteiger partial charge >= 0.3 is 0 Å². The predicted octanol–water partition coefficient (Wildman–Crippen LogP) is 3.96. The lowest BCUT2D eigenvalue weighted by Crippen LogP contribution is -2.28. The van der Waals surface area contributed by atoms with E-state index in [1.807, 2.05) is 65.1 Å². The standard InChI is InChI=1S/C23H27N5O2S/c1-14-9-11-18(12-10-14)22(30)24-17(4)21-26-27-23(28(21)5)31-13-19(29)25-20-15(2)7-6-8-16(20)3/h6-12,17H,13H2,1-5H3,(H,24,30)(H,25,29). The van der Waals surface area contributed by atoms with Crippen LogP contribution in [0.2, 0.25) is 0 Å². The molecule has 2 amide bonds. The van der Waals surface area contributed by atoms with Gasteiger partial charge in [0.15, 0.2) is 11.0 Å². The average Bonchev–Trinajstić information content (AvgIpc) is 3.10. The SMILES string of the molecule is Cc1ccc(C(=O)NC(C)c2nnc(SCC(=O)Nc3c(C)cccc3C)n2C)cc1. The van der Waals surface area contributed by atoms with Gasteiger partial charge in [0.2, 0.25) is 5.91 Å². The Morgan fingerprint density at radius 3 is 2.32 bits per heavy atom. The molecule has 0 aliphatic rings. The Labute approximate surface area is 186 Å². The number of thioether (sulfide) groups is 1. The summed E-state index contributed by atoms with van der Waals surface area (Å²) in [5.74, 6) is 0.563. The highest BCUT2D eigenvalue weighted by atomic mass is 32.2. The van der Waals surface area contributed by atoms with Gasteiger partial charge in [-0.2, -0.15) is 0 Å². The molecule has 3 rings (SSSR count). The largest absolute Gasteiger partial charge is 0.342 e. The number of aryl methyl sites for hydroxylation is 3. The van der Waals surface area contributed by atoms with Gasteiger partial charge in [-0.05, 0) is 51.0 Å². The molecule has 2 aromatic carbocycles. The highest BCUT2D eigenvalue weighted by molar-refractivity contribution is 7.99. The smallest absolute Gasteiger partial charge is 0.251 e. The van der Waals surface area contributed by atoms with Crippen molar-refractivity contribution in [3.8, 4) is 0 Å². The van der Waals surface area contributed by atoms with Gasteiger partial charge in [-0.3, -0.25) is 9.59 Å². The zero-order chi connectivity index (χ0) is 22.5. The van der Waals surface area contributed by atoms with Crippen LogP contribution in [0.15, 0.2) is 47.6 Å². The zero-order valence-electron chi connectivity index (χ0n) is 18.4. The second-order valence-corrected chi connectivity index (χ2v) is 8.51. The van der Waals surface area contributed by atoms with E-state index in [2.05, 4.69) is 20.8 Å². The Hall–Kier alpha value is -3.13. The Balaban J connectivity index is 1.59. The number of amides is 2. The van der Waals surface area contributed by atoms with Crippen molar-refractivity contribution in [3.63, 3.8) is 0 Å². The molecule has 0 fully saturated rings. The van der Waals surface area contributed by atoms with E-state index in [1.165, 1.54) is 11.8 Å². The van der Waals surface area contributed by atoms with Crippen molar-refractivity contribution >= 4 is 29.3 Å². The second kappa shape index (κ2) is 9.78. The number of anilines is 1. The molecule has 0 radical (unpaired) electrons. The van der Waals surface area contributed by atoms with E-state index in [0.29, 0.717) is 16.5 Å². The second-order valence-electron chi connectivity index (χ2n) is 7.56. The molecule has 1 atom stereocenters. The van der Waals surface area contributed by atoms with Crippen molar-refractivity contribution in [3.05, 3.63) is 70.5 Å². The summed E-state index contributed by atoms with van der Waals surface area (Å²) in [7, 11) is 1.83. The topological polar surface area (TPSA) is 88.9 Å². The van der Waals surface area contributed by atoms with Crippen molar-refractivity contribution in [2.75, 3.05) is 11.1 Å². The molecule has 1 unspecified atom stereocenters. The van der Waals surface area contributed by atoms with Crippen molar-refractivity contribution in [1.82, 2.24) is 20.1 Å². The Morgan fingerprint density at radius 1 is 1.03 bits per heavy atom. The molecule has 8 heteroatoms. The van der Waals surface area contributed by atoms with Crippen molar-refractivity contribution in [1.29, 1.82) is 0 Å². The van der Waals surface area contributed by atoms with Gasteiger partial charge in [0.05, 0.1) is 11.8 Å². The summed E-state index contributed by atoms with van der Waals surface area (Å²) in [6.45, 7) is 7.78. The molecule has 1 heterocycles. The van der Waals surface area contributed by atoms with Gasteiger partial charge in [0.25, 0.3) is 5.91 Å². The minimum Gasteiger partial charge on any atom is -0.342 e. The number of carbonyl (C=O) groups excluding carboxylic acids is 2. The number of rotatable bonds is 7. The number of benzene rings is 2. The van der Waals surface area contributed by atoms with Crippen molar-refractivity contribution in [2.24, 2.45) is 7.05 Å². The first-order valence-electron chi connectivity index (χ1n) is 10.0. The Kier molecular flexibility index (Phi) is 7.12. The number of nitrogens with one attached hydrogen (secondary N) is 2. The number of hydrogen-bond donors (Lipinski definition) is 2. The van der Waals surface area contributed by atoms with E-state index >= 15 is 0 Å². The molecule has 0 saturated heterocycles. The summed E-state index contributed by atoms with van der Waals surface area (Å²) in [6.07, 6.45) is 0. The van der Waals surface area contributed by atoms with Crippen LogP contribution in [0, 0.1) is 20.8 Å². The summed E-state index contributed by atoms with van der Waals surface area (Å²) in [5.41, 5.74) is 4.59. The summed E-state index contributed by atoms with van der Waals surface area (Å²) in [4.78, 5) is 24.9. The number of aromatic nitrogens is 3. The molecule has 0 aliphatic carbocycles. The molecular formula is C23H27N5O2S. The molecule has 3 aromatic rings. The lowest BCUT2D eigenvalue weighted by atomic mass is 10.1. The molecule has 31 heavy (non-hydrogen) atoms. The van der Waals surface area contributed by atoms with Gasteiger partial charge in [-0.15, -0.1) is 10.2 Å². The predicted molar refractivity (Wildman–Crippen MR) is 123 cm³/mol. The van der Waals surface area contributed by atoms with E-state index in [-0.39, 0.29) is 23.6 Å². The molecule has 0 bridgehead atoms. The van der Waals surface area contributed by atoms with Crippen LogP contribution in [-0.4, -0.2) is 32.3 Å². The first-order valence-corrected chi connectivity index (χ1v) is 11.0. The third-order valence-corrected chi connectivity index (χ3v) is 6.02. The molecule has 7 nitrogen and oxygen atoms in total. The van der Waals surface area contributed by atoms with Crippen LogP contribution in [0.25, 0.3) is 0 Å². The Morgan fingerprint density at radius 2 is 1.68 bits per heavy atom. The van der Waals surface area contributed by atoms with Crippen LogP contribution in [0.1, 0.15) is 45.8 Å². The molecule has 0 saturated carbocycles. The van der Waals surface area contributed by atoms with Crippen LogP contribution in [0.5, 0.6) is 0 Å². The highest BCUT2D eigenvalue weighted by Gasteiger charge is 2.19. The maximum Gasteiger partial charge on any atom is 0.251 e. The normalized spacial score (nSPS) is 11.8. The number of carbonyl (C=O) groups is 2. The highest BCUT2D eigenvalue weighted by Crippen LogP contribution is 2.22. The summed E-state index contributed by atoms with van der Waals surface area (Å²) in [5, 5.41) is 14.9. The van der Waals surface area contributed by atoms with Crippen LogP contribution in [0.4, 0.5) is 5.69 Å². The fourth-order valence-corrected chi connectivity index (χ4v) is 3.91. The quantitative estimate of drug-likeness (QED) is 0.546. The van der Waals surface area contributed by atoms with Gasteiger partial charge in [-0.1, -0.05) is 47.7 Å². The van der Waals surface area contributed by atoms with E-state index in [0.717, 1.165) is 22.4 Å². The first kappa shape index (κ1) is 22.6. The van der Waals surface area contributed by atoms with Gasteiger partial charge in [-0.25, -0.2) is 0 Å². The van der Waals surface area contributed by atoms with E-state index < -0.39 is 0 Å². The molecular weight excluding hydrogens is 410 g/mol. The van der Waals surface area contributed by atoms with Crippen molar-refractivity contribution in [2.45, 2.75) is 38.9 Å². The van der Waals surface area contributed by atoms with Crippen LogP contribution in [0.3, 0.4) is 0 Å².